The zero-order valence-electron chi connectivity index (χ0n) is 19.1. The zero-order valence-corrected chi connectivity index (χ0v) is 19.9. The number of hydrogen-bond acceptors (Lipinski definition) is 8. The third kappa shape index (κ3) is 6.11. The molecule has 0 aliphatic carbocycles. The molecular formula is C21H27N5O7S. The normalized spacial score (nSPS) is 14.9. The maximum absolute atomic E-state index is 12.7. The van der Waals surface area contributed by atoms with Crippen LogP contribution in [0.15, 0.2) is 35.5 Å². The number of nitrogens with zero attached hydrogens (tertiary/aromatic N) is 3. The number of aromatic nitrogens is 2. The number of piperidine rings is 1. The van der Waals surface area contributed by atoms with Crippen LogP contribution in [0.5, 0.6) is 5.75 Å². The number of sulfonamides is 1. The molecule has 0 saturated carbocycles. The second-order valence-electron chi connectivity index (χ2n) is 7.75. The summed E-state index contributed by atoms with van der Waals surface area (Å²) >= 11 is 0. The minimum atomic E-state index is -3.75. The summed E-state index contributed by atoms with van der Waals surface area (Å²) in [5, 5.41) is 4.52. The number of benzene rings is 1. The predicted molar refractivity (Wildman–Crippen MR) is 121 cm³/mol. The fourth-order valence-corrected chi connectivity index (χ4v) is 4.86. The van der Waals surface area contributed by atoms with Crippen LogP contribution in [0, 0.1) is 12.8 Å². The molecule has 34 heavy (non-hydrogen) atoms. The lowest BCUT2D eigenvalue weighted by Gasteiger charge is -2.29. The summed E-state index contributed by atoms with van der Waals surface area (Å²) in [7, 11) is -0.520. The highest BCUT2D eigenvalue weighted by Gasteiger charge is 2.34. The van der Waals surface area contributed by atoms with Gasteiger partial charge in [-0.2, -0.15) is 4.31 Å². The van der Waals surface area contributed by atoms with E-state index in [-0.39, 0.29) is 31.0 Å². The SMILES string of the molecule is COc1ccc(NC(=O)NC(=O)COC(=O)C2CCN(S(=O)(=O)c3cn(C)c(C)n3)CC2)cc1. The Morgan fingerprint density at radius 3 is 2.35 bits per heavy atom. The molecule has 2 aromatic rings. The van der Waals surface area contributed by atoms with E-state index in [1.54, 1.807) is 42.8 Å². The fraction of sp³-hybridized carbons (Fsp3) is 0.429. The van der Waals surface area contributed by atoms with Crippen LogP contribution in [-0.2, 0) is 31.4 Å². The largest absolute Gasteiger partial charge is 0.497 e. The van der Waals surface area contributed by atoms with Gasteiger partial charge in [0.25, 0.3) is 15.9 Å². The monoisotopic (exact) mass is 493 g/mol. The minimum Gasteiger partial charge on any atom is -0.497 e. The Hall–Kier alpha value is -3.45. The number of ether oxygens (including phenoxy) is 2. The van der Waals surface area contributed by atoms with Gasteiger partial charge < -0.3 is 19.4 Å². The average molecular weight is 494 g/mol. The minimum absolute atomic E-state index is 0.0295. The van der Waals surface area contributed by atoms with E-state index >= 15 is 0 Å². The first-order valence-corrected chi connectivity index (χ1v) is 12.0. The van der Waals surface area contributed by atoms with Gasteiger partial charge in [-0.1, -0.05) is 0 Å². The van der Waals surface area contributed by atoms with E-state index in [0.29, 0.717) is 17.3 Å². The van der Waals surface area contributed by atoms with Crippen molar-refractivity contribution >= 4 is 33.6 Å². The smallest absolute Gasteiger partial charge is 0.325 e. The van der Waals surface area contributed by atoms with Gasteiger partial charge in [0.2, 0.25) is 0 Å². The molecule has 13 heteroatoms. The molecule has 0 atom stereocenters. The number of carbonyl (C=O) groups excluding carboxylic acids is 3. The first kappa shape index (κ1) is 25.2. The molecule has 1 aromatic heterocycles. The van der Waals surface area contributed by atoms with Gasteiger partial charge in [0.05, 0.1) is 13.0 Å². The van der Waals surface area contributed by atoms with E-state index in [1.165, 1.54) is 17.6 Å². The Morgan fingerprint density at radius 1 is 1.15 bits per heavy atom. The number of esters is 1. The Labute approximate surface area is 197 Å². The second kappa shape index (κ2) is 10.7. The van der Waals surface area contributed by atoms with E-state index < -0.39 is 40.5 Å². The molecule has 0 unspecified atom stereocenters. The van der Waals surface area contributed by atoms with Crippen molar-refractivity contribution in [3.63, 3.8) is 0 Å². The molecule has 2 N–H and O–H groups in total. The number of rotatable bonds is 7. The topological polar surface area (TPSA) is 149 Å². The number of carbonyl (C=O) groups is 3. The summed E-state index contributed by atoms with van der Waals surface area (Å²) < 4.78 is 38.4. The lowest BCUT2D eigenvalue weighted by molar-refractivity contribution is -0.153. The molecule has 0 bridgehead atoms. The summed E-state index contributed by atoms with van der Waals surface area (Å²) in [5.41, 5.74) is 0.450. The van der Waals surface area contributed by atoms with Gasteiger partial charge in [0.1, 0.15) is 11.6 Å². The van der Waals surface area contributed by atoms with Gasteiger partial charge in [0, 0.05) is 32.0 Å². The zero-order chi connectivity index (χ0) is 24.9. The van der Waals surface area contributed by atoms with Crippen molar-refractivity contribution in [2.75, 3.05) is 32.1 Å². The van der Waals surface area contributed by atoms with E-state index in [4.69, 9.17) is 9.47 Å². The van der Waals surface area contributed by atoms with Crippen LogP contribution >= 0.6 is 0 Å². The van der Waals surface area contributed by atoms with Crippen LogP contribution in [0.4, 0.5) is 10.5 Å². The van der Waals surface area contributed by atoms with E-state index in [1.807, 2.05) is 0 Å². The van der Waals surface area contributed by atoms with Crippen molar-refractivity contribution < 1.29 is 32.3 Å². The predicted octanol–water partition coefficient (Wildman–Crippen LogP) is 1.03. The average Bonchev–Trinajstić information content (AvgIpc) is 3.17. The van der Waals surface area contributed by atoms with Crippen LogP contribution in [0.1, 0.15) is 18.7 Å². The molecular weight excluding hydrogens is 466 g/mol. The lowest BCUT2D eigenvalue weighted by Crippen LogP contribution is -2.41. The van der Waals surface area contributed by atoms with Crippen molar-refractivity contribution in [3.05, 3.63) is 36.3 Å². The Bertz CT molecular complexity index is 1130. The number of hydrogen-bond donors (Lipinski definition) is 2. The number of aryl methyl sites for hydroxylation is 2. The van der Waals surface area contributed by atoms with Gasteiger partial charge in [-0.3, -0.25) is 14.9 Å². The number of imide groups is 1. The third-order valence-electron chi connectivity index (χ3n) is 5.42. The molecule has 1 aliphatic rings. The maximum atomic E-state index is 12.7. The molecule has 1 saturated heterocycles. The summed E-state index contributed by atoms with van der Waals surface area (Å²) in [6, 6.07) is 5.73. The molecule has 1 fully saturated rings. The van der Waals surface area contributed by atoms with Crippen molar-refractivity contribution in [3.8, 4) is 5.75 Å². The van der Waals surface area contributed by atoms with Crippen molar-refractivity contribution in [2.45, 2.75) is 24.8 Å². The van der Waals surface area contributed by atoms with Crippen LogP contribution in [-0.4, -0.2) is 67.0 Å². The molecule has 12 nitrogen and oxygen atoms in total. The Kier molecular flexibility index (Phi) is 7.89. The van der Waals surface area contributed by atoms with Gasteiger partial charge in [-0.25, -0.2) is 18.2 Å². The molecule has 184 valence electrons. The third-order valence-corrected chi connectivity index (χ3v) is 7.19. The first-order valence-electron chi connectivity index (χ1n) is 10.5. The first-order chi connectivity index (χ1) is 16.1. The number of nitrogens with one attached hydrogen (secondary N) is 2. The van der Waals surface area contributed by atoms with Crippen molar-refractivity contribution in [1.29, 1.82) is 0 Å². The highest BCUT2D eigenvalue weighted by molar-refractivity contribution is 7.89. The standard InChI is InChI=1S/C21H27N5O7S/c1-14-22-19(12-25(14)2)34(30,31)26-10-8-15(9-11-26)20(28)33-13-18(27)24-21(29)23-16-4-6-17(32-3)7-5-16/h4-7,12,15H,8-11,13H2,1-3H3,(H2,23,24,27,29). The highest BCUT2D eigenvalue weighted by Crippen LogP contribution is 2.24. The number of amides is 3. The molecule has 1 aromatic carbocycles. The summed E-state index contributed by atoms with van der Waals surface area (Å²) in [6.45, 7) is 1.35. The summed E-state index contributed by atoms with van der Waals surface area (Å²) in [6.07, 6.45) is 1.96. The molecule has 3 rings (SSSR count). The van der Waals surface area contributed by atoms with Crippen molar-refractivity contribution in [2.24, 2.45) is 13.0 Å². The van der Waals surface area contributed by atoms with Crippen LogP contribution in [0.2, 0.25) is 0 Å². The molecule has 2 heterocycles. The van der Waals surface area contributed by atoms with Crippen LogP contribution < -0.4 is 15.4 Å². The van der Waals surface area contributed by atoms with Crippen LogP contribution in [0.25, 0.3) is 0 Å². The Morgan fingerprint density at radius 2 is 1.79 bits per heavy atom. The number of urea groups is 1. The molecule has 1 aliphatic heterocycles. The second-order valence-corrected chi connectivity index (χ2v) is 9.64. The molecule has 0 spiro atoms. The molecule has 3 amide bonds. The van der Waals surface area contributed by atoms with Gasteiger partial charge in [-0.15, -0.1) is 0 Å². The van der Waals surface area contributed by atoms with Crippen molar-refractivity contribution in [1.82, 2.24) is 19.2 Å². The van der Waals surface area contributed by atoms with E-state index in [2.05, 4.69) is 15.6 Å². The molecule has 0 radical (unpaired) electrons. The van der Waals surface area contributed by atoms with Gasteiger partial charge >= 0.3 is 12.0 Å². The van der Waals surface area contributed by atoms with E-state index in [0.717, 1.165) is 0 Å². The number of methoxy groups -OCH3 is 1. The maximum Gasteiger partial charge on any atom is 0.325 e. The van der Waals surface area contributed by atoms with Crippen LogP contribution in [0.3, 0.4) is 0 Å². The fourth-order valence-electron chi connectivity index (χ4n) is 3.37. The lowest BCUT2D eigenvalue weighted by atomic mass is 9.98. The highest BCUT2D eigenvalue weighted by atomic mass is 32.2. The van der Waals surface area contributed by atoms with Gasteiger partial charge in [0.15, 0.2) is 11.6 Å². The summed E-state index contributed by atoms with van der Waals surface area (Å²) in [5.74, 6) is -0.753. The van der Waals surface area contributed by atoms with Gasteiger partial charge in [-0.05, 0) is 44.0 Å². The Balaban J connectivity index is 1.42. The summed E-state index contributed by atoms with van der Waals surface area (Å²) in [4.78, 5) is 40.2. The van der Waals surface area contributed by atoms with E-state index in [9.17, 15) is 22.8 Å². The number of imidazole rings is 1. The quantitative estimate of drug-likeness (QED) is 0.543. The number of anilines is 1.